The van der Waals surface area contributed by atoms with Crippen molar-refractivity contribution >= 4 is 12.3 Å². The van der Waals surface area contributed by atoms with Gasteiger partial charge in [0.1, 0.15) is 5.82 Å². The molecule has 2 N–H and O–H groups in total. The highest BCUT2D eigenvalue weighted by atomic mass is 19.1. The molecule has 0 aliphatic carbocycles. The molecule has 0 aliphatic rings. The Balaban J connectivity index is 2.43. The van der Waals surface area contributed by atoms with Gasteiger partial charge in [0.25, 0.3) is 0 Å². The van der Waals surface area contributed by atoms with Crippen molar-refractivity contribution in [1.29, 1.82) is 5.41 Å². The number of nitrogens with one attached hydrogen (secondary N) is 2. The van der Waals surface area contributed by atoms with E-state index >= 15 is 0 Å². The van der Waals surface area contributed by atoms with E-state index < -0.39 is 0 Å². The molecular weight excluding hydrogens is 267 g/mol. The van der Waals surface area contributed by atoms with Crippen LogP contribution in [0, 0.1) is 18.2 Å². The van der Waals surface area contributed by atoms with Crippen LogP contribution in [0.1, 0.15) is 23.6 Å². The maximum atomic E-state index is 13.6. The van der Waals surface area contributed by atoms with Gasteiger partial charge in [0.2, 0.25) is 0 Å². The number of halogens is 1. The van der Waals surface area contributed by atoms with E-state index in [9.17, 15) is 4.39 Å². The first-order chi connectivity index (χ1) is 10.2. The van der Waals surface area contributed by atoms with Crippen LogP contribution in [0.15, 0.2) is 30.9 Å². The minimum atomic E-state index is -0.359. The molecule has 0 bridgehead atoms. The number of nitrogens with zero attached hydrogens (tertiary/aromatic N) is 2. The first-order valence-electron chi connectivity index (χ1n) is 6.68. The van der Waals surface area contributed by atoms with Crippen molar-refractivity contribution in [1.82, 2.24) is 15.3 Å². The zero-order chi connectivity index (χ0) is 15.2. The SMILES string of the molecule is CCNC=Cc1cnc(-c2cncc(F)c2C)cc1C=N. The van der Waals surface area contributed by atoms with Crippen molar-refractivity contribution in [2.24, 2.45) is 0 Å². The molecule has 0 radical (unpaired) electrons. The van der Waals surface area contributed by atoms with E-state index in [1.54, 1.807) is 25.4 Å². The van der Waals surface area contributed by atoms with Crippen LogP contribution in [0.25, 0.3) is 17.3 Å². The number of hydrogen-bond donors (Lipinski definition) is 2. The van der Waals surface area contributed by atoms with Gasteiger partial charge in [-0.05, 0) is 37.8 Å². The van der Waals surface area contributed by atoms with Crippen LogP contribution in [-0.4, -0.2) is 22.7 Å². The van der Waals surface area contributed by atoms with Crippen molar-refractivity contribution in [3.05, 3.63) is 53.4 Å². The average Bonchev–Trinajstić information content (AvgIpc) is 2.50. The summed E-state index contributed by atoms with van der Waals surface area (Å²) >= 11 is 0. The third kappa shape index (κ3) is 3.31. The quantitative estimate of drug-likeness (QED) is 0.829. The zero-order valence-electron chi connectivity index (χ0n) is 12.0. The summed E-state index contributed by atoms with van der Waals surface area (Å²) in [5.41, 5.74) is 3.30. The average molecular weight is 284 g/mol. The van der Waals surface area contributed by atoms with Crippen molar-refractivity contribution in [2.45, 2.75) is 13.8 Å². The van der Waals surface area contributed by atoms with E-state index in [1.807, 2.05) is 19.2 Å². The molecule has 2 aromatic rings. The largest absolute Gasteiger partial charge is 0.391 e. The van der Waals surface area contributed by atoms with Crippen LogP contribution in [0.3, 0.4) is 0 Å². The Hall–Kier alpha value is -2.56. The Morgan fingerprint density at radius 2 is 2.10 bits per heavy atom. The second kappa shape index (κ2) is 6.74. The summed E-state index contributed by atoms with van der Waals surface area (Å²) in [6.07, 6.45) is 9.38. The molecule has 108 valence electrons. The third-order valence-electron chi connectivity index (χ3n) is 3.14. The lowest BCUT2D eigenvalue weighted by molar-refractivity contribution is 0.612. The van der Waals surface area contributed by atoms with Gasteiger partial charge in [-0.1, -0.05) is 0 Å². The molecule has 0 aromatic carbocycles. The molecule has 0 atom stereocenters. The number of pyridine rings is 2. The van der Waals surface area contributed by atoms with Gasteiger partial charge in [-0.15, -0.1) is 0 Å². The van der Waals surface area contributed by atoms with E-state index in [1.165, 1.54) is 12.4 Å². The maximum Gasteiger partial charge on any atom is 0.145 e. The Morgan fingerprint density at radius 1 is 1.29 bits per heavy atom. The highest BCUT2D eigenvalue weighted by Gasteiger charge is 2.09. The summed E-state index contributed by atoms with van der Waals surface area (Å²) in [5, 5.41) is 10.6. The van der Waals surface area contributed by atoms with Crippen LogP contribution < -0.4 is 5.32 Å². The second-order valence-corrected chi connectivity index (χ2v) is 4.53. The molecule has 5 heteroatoms. The lowest BCUT2D eigenvalue weighted by Crippen LogP contribution is -2.02. The summed E-state index contributed by atoms with van der Waals surface area (Å²) in [4.78, 5) is 8.21. The predicted octanol–water partition coefficient (Wildman–Crippen LogP) is 3.17. The number of rotatable bonds is 5. The van der Waals surface area contributed by atoms with Gasteiger partial charge in [-0.3, -0.25) is 9.97 Å². The monoisotopic (exact) mass is 284 g/mol. The fourth-order valence-electron chi connectivity index (χ4n) is 1.92. The molecule has 21 heavy (non-hydrogen) atoms. The third-order valence-corrected chi connectivity index (χ3v) is 3.14. The molecule has 0 fully saturated rings. The van der Waals surface area contributed by atoms with Crippen LogP contribution >= 0.6 is 0 Å². The van der Waals surface area contributed by atoms with Gasteiger partial charge in [-0.2, -0.15) is 0 Å². The molecule has 0 aliphatic heterocycles. The standard InChI is InChI=1S/C16H17FN4/c1-3-19-5-4-12-8-21-16(6-13(12)7-18)14-9-20-10-15(17)11(14)2/h4-10,18-19H,3H2,1-2H3. The van der Waals surface area contributed by atoms with Crippen molar-refractivity contribution in [3.63, 3.8) is 0 Å². The zero-order valence-corrected chi connectivity index (χ0v) is 12.0. The summed E-state index contributed by atoms with van der Waals surface area (Å²) < 4.78 is 13.6. The molecule has 2 aromatic heterocycles. The van der Waals surface area contributed by atoms with Crippen LogP contribution in [-0.2, 0) is 0 Å². The van der Waals surface area contributed by atoms with Gasteiger partial charge in [0, 0.05) is 41.8 Å². The van der Waals surface area contributed by atoms with Crippen molar-refractivity contribution in [3.8, 4) is 11.3 Å². The van der Waals surface area contributed by atoms with Crippen molar-refractivity contribution < 1.29 is 4.39 Å². The van der Waals surface area contributed by atoms with Gasteiger partial charge in [0.05, 0.1) is 11.9 Å². The molecule has 0 unspecified atom stereocenters. The molecule has 0 saturated heterocycles. The fraction of sp³-hybridized carbons (Fsp3) is 0.188. The first-order valence-corrected chi connectivity index (χ1v) is 6.68. The van der Waals surface area contributed by atoms with Gasteiger partial charge in [0.15, 0.2) is 0 Å². The van der Waals surface area contributed by atoms with E-state index in [2.05, 4.69) is 15.3 Å². The molecule has 0 spiro atoms. The molecule has 2 rings (SSSR count). The summed E-state index contributed by atoms with van der Waals surface area (Å²) in [6.45, 7) is 4.52. The highest BCUT2D eigenvalue weighted by molar-refractivity contribution is 5.85. The molecular formula is C16H17FN4. The minimum absolute atomic E-state index is 0.359. The molecule has 2 heterocycles. The Bertz CT molecular complexity index is 680. The van der Waals surface area contributed by atoms with E-state index in [0.29, 0.717) is 16.8 Å². The summed E-state index contributed by atoms with van der Waals surface area (Å²) in [6, 6.07) is 1.77. The molecule has 4 nitrogen and oxygen atoms in total. The van der Waals surface area contributed by atoms with Crippen LogP contribution in [0.2, 0.25) is 0 Å². The highest BCUT2D eigenvalue weighted by Crippen LogP contribution is 2.24. The summed E-state index contributed by atoms with van der Waals surface area (Å²) in [5.74, 6) is -0.359. The lowest BCUT2D eigenvalue weighted by Gasteiger charge is -2.08. The van der Waals surface area contributed by atoms with Gasteiger partial charge >= 0.3 is 0 Å². The van der Waals surface area contributed by atoms with E-state index in [4.69, 9.17) is 5.41 Å². The van der Waals surface area contributed by atoms with Crippen LogP contribution in [0.5, 0.6) is 0 Å². The predicted molar refractivity (Wildman–Crippen MR) is 82.8 cm³/mol. The Labute approximate surface area is 123 Å². The maximum absolute atomic E-state index is 13.6. The minimum Gasteiger partial charge on any atom is -0.391 e. The Kier molecular flexibility index (Phi) is 4.77. The topological polar surface area (TPSA) is 61.7 Å². The number of aromatic nitrogens is 2. The number of hydrogen-bond acceptors (Lipinski definition) is 4. The van der Waals surface area contributed by atoms with Gasteiger partial charge in [-0.25, -0.2) is 4.39 Å². The van der Waals surface area contributed by atoms with Crippen molar-refractivity contribution in [2.75, 3.05) is 6.54 Å². The molecule has 0 amide bonds. The Morgan fingerprint density at radius 3 is 2.81 bits per heavy atom. The van der Waals surface area contributed by atoms with E-state index in [0.717, 1.165) is 17.7 Å². The smallest absolute Gasteiger partial charge is 0.145 e. The summed E-state index contributed by atoms with van der Waals surface area (Å²) in [7, 11) is 0. The molecule has 0 saturated carbocycles. The first kappa shape index (κ1) is 14.8. The lowest BCUT2D eigenvalue weighted by atomic mass is 10.0. The normalized spacial score (nSPS) is 10.8. The second-order valence-electron chi connectivity index (χ2n) is 4.53. The fourth-order valence-corrected chi connectivity index (χ4v) is 1.92. The van der Waals surface area contributed by atoms with Gasteiger partial charge < -0.3 is 10.7 Å². The van der Waals surface area contributed by atoms with E-state index in [-0.39, 0.29) is 5.82 Å². The van der Waals surface area contributed by atoms with Crippen LogP contribution in [0.4, 0.5) is 4.39 Å².